The molecular weight excluding hydrogens is 191 g/mol. The first-order valence-electron chi connectivity index (χ1n) is 4.50. The zero-order chi connectivity index (χ0) is 10.2. The molecule has 0 aromatic rings. The SMILES string of the molecule is FC(F)(F)C1=CCC=C2CCNC2=C1. The molecule has 1 N–H and O–H groups in total. The minimum absolute atomic E-state index is 0.367. The van der Waals surface area contributed by atoms with Crippen LogP contribution >= 0.6 is 0 Å². The molecule has 0 atom stereocenters. The highest BCUT2D eigenvalue weighted by Crippen LogP contribution is 2.32. The summed E-state index contributed by atoms with van der Waals surface area (Å²) in [4.78, 5) is 0. The highest BCUT2D eigenvalue weighted by atomic mass is 19.4. The van der Waals surface area contributed by atoms with Crippen molar-refractivity contribution in [2.75, 3.05) is 6.54 Å². The van der Waals surface area contributed by atoms with Gasteiger partial charge in [0.1, 0.15) is 0 Å². The van der Waals surface area contributed by atoms with E-state index < -0.39 is 11.7 Å². The molecule has 0 radical (unpaired) electrons. The van der Waals surface area contributed by atoms with Crippen LogP contribution in [0.25, 0.3) is 0 Å². The molecule has 0 saturated carbocycles. The monoisotopic (exact) mass is 201 g/mol. The van der Waals surface area contributed by atoms with E-state index in [-0.39, 0.29) is 0 Å². The fraction of sp³-hybridized carbons (Fsp3) is 0.400. The molecule has 1 saturated heterocycles. The van der Waals surface area contributed by atoms with Gasteiger partial charge < -0.3 is 5.32 Å². The van der Waals surface area contributed by atoms with Gasteiger partial charge in [-0.3, -0.25) is 0 Å². The molecule has 1 heterocycles. The van der Waals surface area contributed by atoms with Gasteiger partial charge in [-0.05, 0) is 24.5 Å². The highest BCUT2D eigenvalue weighted by molar-refractivity contribution is 5.43. The molecule has 4 heteroatoms. The van der Waals surface area contributed by atoms with E-state index in [1.54, 1.807) is 0 Å². The number of halogens is 3. The average molecular weight is 201 g/mol. The van der Waals surface area contributed by atoms with E-state index in [2.05, 4.69) is 5.32 Å². The molecule has 2 aliphatic rings. The Bertz CT molecular complexity index is 334. The lowest BCUT2D eigenvalue weighted by Crippen LogP contribution is -2.12. The second-order valence-corrected chi connectivity index (χ2v) is 3.36. The van der Waals surface area contributed by atoms with E-state index in [0.717, 1.165) is 18.5 Å². The fourth-order valence-electron chi connectivity index (χ4n) is 1.68. The third-order valence-electron chi connectivity index (χ3n) is 2.38. The fourth-order valence-corrected chi connectivity index (χ4v) is 1.68. The maximum Gasteiger partial charge on any atom is 0.416 e. The normalized spacial score (nSPS) is 21.5. The van der Waals surface area contributed by atoms with Crippen molar-refractivity contribution in [2.45, 2.75) is 19.0 Å². The molecule has 0 spiro atoms. The van der Waals surface area contributed by atoms with Crippen LogP contribution in [-0.4, -0.2) is 12.7 Å². The summed E-state index contributed by atoms with van der Waals surface area (Å²) < 4.78 is 37.2. The van der Waals surface area contributed by atoms with Crippen LogP contribution in [-0.2, 0) is 0 Å². The van der Waals surface area contributed by atoms with Gasteiger partial charge in [-0.25, -0.2) is 0 Å². The lowest BCUT2D eigenvalue weighted by molar-refractivity contribution is -0.0884. The lowest BCUT2D eigenvalue weighted by atomic mass is 10.1. The molecule has 1 nitrogen and oxygen atoms in total. The third-order valence-corrected chi connectivity index (χ3v) is 2.38. The van der Waals surface area contributed by atoms with Crippen molar-refractivity contribution in [3.8, 4) is 0 Å². The Balaban J connectivity index is 2.32. The topological polar surface area (TPSA) is 12.0 Å². The molecule has 0 unspecified atom stereocenters. The predicted octanol–water partition coefficient (Wildman–Crippen LogP) is 2.68. The van der Waals surface area contributed by atoms with E-state index in [0.29, 0.717) is 12.1 Å². The number of allylic oxidation sites excluding steroid dienone is 5. The number of nitrogens with one attached hydrogen (secondary N) is 1. The molecule has 0 aromatic heterocycles. The first-order valence-corrected chi connectivity index (χ1v) is 4.50. The molecule has 1 aliphatic carbocycles. The van der Waals surface area contributed by atoms with Gasteiger partial charge in [0, 0.05) is 12.2 Å². The smallest absolute Gasteiger partial charge is 0.384 e. The summed E-state index contributed by atoms with van der Waals surface area (Å²) in [5.74, 6) is 0. The van der Waals surface area contributed by atoms with Crippen LogP contribution in [0, 0.1) is 0 Å². The minimum Gasteiger partial charge on any atom is -0.384 e. The van der Waals surface area contributed by atoms with Crippen molar-refractivity contribution in [1.82, 2.24) is 5.32 Å². The summed E-state index contributed by atoms with van der Waals surface area (Å²) in [6.45, 7) is 0.739. The Morgan fingerprint density at radius 1 is 1.21 bits per heavy atom. The second-order valence-electron chi connectivity index (χ2n) is 3.36. The van der Waals surface area contributed by atoms with Gasteiger partial charge in [0.25, 0.3) is 0 Å². The zero-order valence-electron chi connectivity index (χ0n) is 7.49. The molecule has 1 fully saturated rings. The van der Waals surface area contributed by atoms with Crippen molar-refractivity contribution in [1.29, 1.82) is 0 Å². The number of rotatable bonds is 0. The Morgan fingerprint density at radius 3 is 2.71 bits per heavy atom. The quantitative estimate of drug-likeness (QED) is 0.635. The van der Waals surface area contributed by atoms with Gasteiger partial charge in [0.15, 0.2) is 0 Å². The predicted molar refractivity (Wildman–Crippen MR) is 47.5 cm³/mol. The highest BCUT2D eigenvalue weighted by Gasteiger charge is 2.33. The van der Waals surface area contributed by atoms with E-state index in [1.165, 1.54) is 12.2 Å². The van der Waals surface area contributed by atoms with Crippen LogP contribution in [0.1, 0.15) is 12.8 Å². The van der Waals surface area contributed by atoms with Gasteiger partial charge >= 0.3 is 6.18 Å². The van der Waals surface area contributed by atoms with Crippen molar-refractivity contribution < 1.29 is 13.2 Å². The van der Waals surface area contributed by atoms with Crippen LogP contribution in [0.4, 0.5) is 13.2 Å². The maximum absolute atomic E-state index is 12.4. The van der Waals surface area contributed by atoms with Crippen molar-refractivity contribution in [3.63, 3.8) is 0 Å². The molecular formula is C10H10F3N. The molecule has 0 amide bonds. The van der Waals surface area contributed by atoms with E-state index in [1.807, 2.05) is 6.08 Å². The standard InChI is InChI=1S/C10H10F3N/c11-10(12,13)8-3-1-2-7-4-5-14-9(7)6-8/h2-3,6,14H,1,4-5H2. The molecule has 1 aliphatic heterocycles. The number of hydrogen-bond acceptors (Lipinski definition) is 1. The summed E-state index contributed by atoms with van der Waals surface area (Å²) in [5.41, 5.74) is 1.08. The molecule has 76 valence electrons. The summed E-state index contributed by atoms with van der Waals surface area (Å²) >= 11 is 0. The zero-order valence-corrected chi connectivity index (χ0v) is 7.49. The summed E-state index contributed by atoms with van der Waals surface area (Å²) in [6, 6.07) is 0. The Kier molecular flexibility index (Phi) is 2.13. The van der Waals surface area contributed by atoms with Gasteiger partial charge in [0.05, 0.1) is 5.57 Å². The van der Waals surface area contributed by atoms with Gasteiger partial charge in [0.2, 0.25) is 0 Å². The van der Waals surface area contributed by atoms with Crippen LogP contribution in [0.15, 0.2) is 35.1 Å². The van der Waals surface area contributed by atoms with Crippen LogP contribution in [0.5, 0.6) is 0 Å². The number of alkyl halides is 3. The van der Waals surface area contributed by atoms with Gasteiger partial charge in [-0.15, -0.1) is 0 Å². The van der Waals surface area contributed by atoms with Crippen molar-refractivity contribution >= 4 is 0 Å². The molecule has 0 aromatic carbocycles. The lowest BCUT2D eigenvalue weighted by Gasteiger charge is -2.07. The van der Waals surface area contributed by atoms with Gasteiger partial charge in [-0.2, -0.15) is 13.2 Å². The number of fused-ring (bicyclic) bond motifs is 1. The largest absolute Gasteiger partial charge is 0.416 e. The van der Waals surface area contributed by atoms with E-state index in [9.17, 15) is 13.2 Å². The summed E-state index contributed by atoms with van der Waals surface area (Å²) in [6.07, 6.45) is 1.23. The third kappa shape index (κ3) is 1.69. The first kappa shape index (κ1) is 9.37. The van der Waals surface area contributed by atoms with E-state index in [4.69, 9.17) is 0 Å². The Morgan fingerprint density at radius 2 is 2.00 bits per heavy atom. The maximum atomic E-state index is 12.4. The van der Waals surface area contributed by atoms with Crippen LogP contribution in [0.3, 0.4) is 0 Å². The molecule has 2 rings (SSSR count). The Hall–Kier alpha value is -1.19. The average Bonchev–Trinajstić information content (AvgIpc) is 2.41. The van der Waals surface area contributed by atoms with E-state index >= 15 is 0 Å². The minimum atomic E-state index is -4.24. The van der Waals surface area contributed by atoms with Crippen LogP contribution in [0.2, 0.25) is 0 Å². The number of hydrogen-bond donors (Lipinski definition) is 1. The van der Waals surface area contributed by atoms with Gasteiger partial charge in [-0.1, -0.05) is 12.2 Å². The molecule has 14 heavy (non-hydrogen) atoms. The Labute approximate surface area is 80.0 Å². The second kappa shape index (κ2) is 3.19. The van der Waals surface area contributed by atoms with Crippen molar-refractivity contribution in [3.05, 3.63) is 35.1 Å². The van der Waals surface area contributed by atoms with Crippen molar-refractivity contribution in [2.24, 2.45) is 0 Å². The van der Waals surface area contributed by atoms with Crippen LogP contribution < -0.4 is 5.32 Å². The molecule has 0 bridgehead atoms. The summed E-state index contributed by atoms with van der Waals surface area (Å²) in [7, 11) is 0. The first-order chi connectivity index (χ1) is 6.57. The summed E-state index contributed by atoms with van der Waals surface area (Å²) in [5, 5.41) is 2.95.